The fourth-order valence-corrected chi connectivity index (χ4v) is 0.312. The van der Waals surface area contributed by atoms with E-state index in [1.54, 1.807) is 19.2 Å². The molecule has 0 saturated heterocycles. The minimum Gasteiger partial charge on any atom is -0.480 e. The molecule has 1 atom stereocenters. The second kappa shape index (κ2) is 3.95. The summed E-state index contributed by atoms with van der Waals surface area (Å²) < 4.78 is 0. The maximum atomic E-state index is 10.1. The van der Waals surface area contributed by atoms with Crippen molar-refractivity contribution in [3.63, 3.8) is 0 Å². The summed E-state index contributed by atoms with van der Waals surface area (Å²) in [5.41, 5.74) is 0. The van der Waals surface area contributed by atoms with E-state index in [0.29, 0.717) is 0 Å². The Hall–Kier alpha value is -0.990. The molecule has 0 aliphatic heterocycles. The van der Waals surface area contributed by atoms with E-state index in [1.165, 1.54) is 0 Å². The molecule has 0 fully saturated rings. The molecule has 52 valence electrons. The van der Waals surface area contributed by atoms with Gasteiger partial charge in [0, 0.05) is 0 Å². The molecule has 0 amide bonds. The number of carbonyl (C=O) groups is 1. The smallest absolute Gasteiger partial charge is 0.325 e. The average Bonchev–Trinajstić information content (AvgIpc) is 1.82. The van der Waals surface area contributed by atoms with Crippen molar-refractivity contribution < 1.29 is 9.90 Å². The quantitative estimate of drug-likeness (QED) is 0.586. The molecule has 0 aliphatic rings. The molecule has 3 heteroatoms. The van der Waals surface area contributed by atoms with Crippen molar-refractivity contribution in [2.75, 3.05) is 0 Å². The first-order valence-electron chi connectivity index (χ1n) is 2.78. The van der Waals surface area contributed by atoms with Gasteiger partial charge in [-0.25, -0.2) is 0 Å². The van der Waals surface area contributed by atoms with Crippen molar-refractivity contribution in [1.82, 2.24) is 5.32 Å². The first-order valence-corrected chi connectivity index (χ1v) is 2.78. The van der Waals surface area contributed by atoms with Crippen molar-refractivity contribution >= 4 is 5.97 Å². The van der Waals surface area contributed by atoms with Gasteiger partial charge < -0.3 is 10.4 Å². The Kier molecular flexibility index (Phi) is 3.51. The van der Waals surface area contributed by atoms with Gasteiger partial charge in [-0.1, -0.05) is 6.08 Å². The van der Waals surface area contributed by atoms with E-state index in [1.807, 2.05) is 6.92 Å². The van der Waals surface area contributed by atoms with E-state index in [9.17, 15) is 4.79 Å². The number of hydrogen-bond acceptors (Lipinski definition) is 2. The predicted octanol–water partition coefficient (Wildman–Crippen LogP) is 0.583. The van der Waals surface area contributed by atoms with Crippen molar-refractivity contribution in [3.05, 3.63) is 12.3 Å². The Labute approximate surface area is 54.4 Å². The zero-order chi connectivity index (χ0) is 7.28. The molecule has 1 unspecified atom stereocenters. The minimum atomic E-state index is -0.840. The van der Waals surface area contributed by atoms with E-state index in [-0.39, 0.29) is 0 Å². The fraction of sp³-hybridized carbons (Fsp3) is 0.500. The van der Waals surface area contributed by atoms with Crippen LogP contribution in [0.5, 0.6) is 0 Å². The molecule has 0 radical (unpaired) electrons. The number of rotatable bonds is 3. The van der Waals surface area contributed by atoms with Crippen LogP contribution in [0.25, 0.3) is 0 Å². The standard InChI is InChI=1S/C6H11NO2/c1-3-4-7-5(2)6(8)9/h3-5,7H,1-2H3,(H,8,9)/b4-3-. The first-order chi connectivity index (χ1) is 4.18. The minimum absolute atomic E-state index is 0.499. The summed E-state index contributed by atoms with van der Waals surface area (Å²) in [7, 11) is 0. The van der Waals surface area contributed by atoms with Gasteiger partial charge in [-0.2, -0.15) is 0 Å². The summed E-state index contributed by atoms with van der Waals surface area (Å²) in [6.07, 6.45) is 3.36. The second-order valence-corrected chi connectivity index (χ2v) is 1.73. The summed E-state index contributed by atoms with van der Waals surface area (Å²) in [6, 6.07) is -0.499. The van der Waals surface area contributed by atoms with Crippen LogP contribution in [0.2, 0.25) is 0 Å². The molecule has 0 saturated carbocycles. The highest BCUT2D eigenvalue weighted by molar-refractivity contribution is 5.72. The molecule has 0 aromatic rings. The molecule has 0 spiro atoms. The maximum Gasteiger partial charge on any atom is 0.325 e. The highest BCUT2D eigenvalue weighted by Crippen LogP contribution is 1.79. The summed E-state index contributed by atoms with van der Waals surface area (Å²) in [5.74, 6) is -0.840. The molecular weight excluding hydrogens is 118 g/mol. The van der Waals surface area contributed by atoms with Crippen molar-refractivity contribution in [2.45, 2.75) is 19.9 Å². The van der Waals surface area contributed by atoms with Crippen molar-refractivity contribution in [3.8, 4) is 0 Å². The third kappa shape index (κ3) is 3.58. The average molecular weight is 129 g/mol. The summed E-state index contributed by atoms with van der Waals surface area (Å²) in [6.45, 7) is 3.41. The van der Waals surface area contributed by atoms with Crippen LogP contribution in [-0.2, 0) is 4.79 Å². The number of hydrogen-bond donors (Lipinski definition) is 2. The zero-order valence-corrected chi connectivity index (χ0v) is 5.59. The SMILES string of the molecule is C/C=C\NC(C)C(=O)O. The van der Waals surface area contributed by atoms with Gasteiger partial charge in [-0.05, 0) is 20.0 Å². The Morgan fingerprint density at radius 2 is 2.33 bits per heavy atom. The largest absolute Gasteiger partial charge is 0.480 e. The Balaban J connectivity index is 3.50. The van der Waals surface area contributed by atoms with Gasteiger partial charge in [0.25, 0.3) is 0 Å². The lowest BCUT2D eigenvalue weighted by Gasteiger charge is -2.03. The normalized spacial score (nSPS) is 13.6. The topological polar surface area (TPSA) is 49.3 Å². The lowest BCUT2D eigenvalue weighted by Crippen LogP contribution is -2.29. The number of allylic oxidation sites excluding steroid dienone is 1. The number of carboxylic acids is 1. The van der Waals surface area contributed by atoms with Crippen LogP contribution in [0, 0.1) is 0 Å². The Morgan fingerprint density at radius 3 is 2.67 bits per heavy atom. The molecule has 0 bridgehead atoms. The monoisotopic (exact) mass is 129 g/mol. The first kappa shape index (κ1) is 8.01. The summed E-state index contributed by atoms with van der Waals surface area (Å²) in [4.78, 5) is 10.1. The zero-order valence-electron chi connectivity index (χ0n) is 5.59. The van der Waals surface area contributed by atoms with Crippen molar-refractivity contribution in [2.24, 2.45) is 0 Å². The maximum absolute atomic E-state index is 10.1. The van der Waals surface area contributed by atoms with Crippen LogP contribution in [0.1, 0.15) is 13.8 Å². The number of carboxylic acid groups (broad SMARTS) is 1. The number of aliphatic carboxylic acids is 1. The third-order valence-electron chi connectivity index (χ3n) is 0.883. The number of nitrogens with one attached hydrogen (secondary N) is 1. The molecule has 0 aromatic carbocycles. The van der Waals surface area contributed by atoms with Crippen LogP contribution >= 0.6 is 0 Å². The Bertz CT molecular complexity index is 120. The van der Waals surface area contributed by atoms with Crippen LogP contribution in [0.4, 0.5) is 0 Å². The van der Waals surface area contributed by atoms with Gasteiger partial charge in [-0.3, -0.25) is 4.79 Å². The third-order valence-corrected chi connectivity index (χ3v) is 0.883. The van der Waals surface area contributed by atoms with E-state index >= 15 is 0 Å². The molecule has 2 N–H and O–H groups in total. The van der Waals surface area contributed by atoms with Crippen LogP contribution in [0.15, 0.2) is 12.3 Å². The predicted molar refractivity (Wildman–Crippen MR) is 35.0 cm³/mol. The lowest BCUT2D eigenvalue weighted by molar-refractivity contribution is -0.138. The second-order valence-electron chi connectivity index (χ2n) is 1.73. The van der Waals surface area contributed by atoms with E-state index in [4.69, 9.17) is 5.11 Å². The molecule has 0 aromatic heterocycles. The molecule has 9 heavy (non-hydrogen) atoms. The van der Waals surface area contributed by atoms with Gasteiger partial charge in [0.15, 0.2) is 0 Å². The van der Waals surface area contributed by atoms with Gasteiger partial charge >= 0.3 is 5.97 Å². The Morgan fingerprint density at radius 1 is 1.78 bits per heavy atom. The molecule has 0 rings (SSSR count). The van der Waals surface area contributed by atoms with Crippen LogP contribution in [0.3, 0.4) is 0 Å². The van der Waals surface area contributed by atoms with E-state index in [2.05, 4.69) is 5.32 Å². The molecular formula is C6H11NO2. The molecule has 3 nitrogen and oxygen atoms in total. The summed E-state index contributed by atoms with van der Waals surface area (Å²) >= 11 is 0. The molecule has 0 aliphatic carbocycles. The van der Waals surface area contributed by atoms with Gasteiger partial charge in [0.05, 0.1) is 0 Å². The van der Waals surface area contributed by atoms with Gasteiger partial charge in [-0.15, -0.1) is 0 Å². The van der Waals surface area contributed by atoms with Gasteiger partial charge in [0.2, 0.25) is 0 Å². The molecule has 0 heterocycles. The highest BCUT2D eigenvalue weighted by atomic mass is 16.4. The van der Waals surface area contributed by atoms with E-state index in [0.717, 1.165) is 0 Å². The lowest BCUT2D eigenvalue weighted by atomic mass is 10.3. The highest BCUT2D eigenvalue weighted by Gasteiger charge is 2.05. The summed E-state index contributed by atoms with van der Waals surface area (Å²) in [5, 5.41) is 11.0. The van der Waals surface area contributed by atoms with Crippen LogP contribution in [-0.4, -0.2) is 17.1 Å². The fourth-order valence-electron chi connectivity index (χ4n) is 0.312. The van der Waals surface area contributed by atoms with Crippen molar-refractivity contribution in [1.29, 1.82) is 0 Å². The van der Waals surface area contributed by atoms with Gasteiger partial charge in [0.1, 0.15) is 6.04 Å². The van der Waals surface area contributed by atoms with Crippen LogP contribution < -0.4 is 5.32 Å². The van der Waals surface area contributed by atoms with E-state index < -0.39 is 12.0 Å².